The Bertz CT molecular complexity index is 421. The highest BCUT2D eigenvalue weighted by molar-refractivity contribution is 9.11. The van der Waals surface area contributed by atoms with Crippen molar-refractivity contribution in [1.82, 2.24) is 5.32 Å². The molecular formula is C10H10Br2N2O2. The first-order chi connectivity index (χ1) is 7.50. The summed E-state index contributed by atoms with van der Waals surface area (Å²) in [5, 5.41) is 13.7. The molecule has 0 aliphatic heterocycles. The highest BCUT2D eigenvalue weighted by Crippen LogP contribution is 2.22. The van der Waals surface area contributed by atoms with Gasteiger partial charge in [0, 0.05) is 34.2 Å². The largest absolute Gasteiger partial charge is 0.308 e. The molecule has 0 atom stereocenters. The lowest BCUT2D eigenvalue weighted by Gasteiger charge is -2.05. The van der Waals surface area contributed by atoms with Crippen LogP contribution in [0.5, 0.6) is 0 Å². The van der Waals surface area contributed by atoms with Gasteiger partial charge in [0.2, 0.25) is 0 Å². The zero-order chi connectivity index (χ0) is 12.1. The predicted molar refractivity (Wildman–Crippen MR) is 70.6 cm³/mol. The molecule has 0 aromatic heterocycles. The van der Waals surface area contributed by atoms with Gasteiger partial charge in [-0.15, -0.1) is 0 Å². The average Bonchev–Trinajstić information content (AvgIpc) is 2.19. The Hall–Kier alpha value is -0.720. The molecule has 0 saturated heterocycles. The monoisotopic (exact) mass is 348 g/mol. The molecule has 0 unspecified atom stereocenters. The first-order valence-electron chi connectivity index (χ1n) is 4.47. The van der Waals surface area contributed by atoms with E-state index in [1.807, 2.05) is 0 Å². The maximum atomic E-state index is 10.5. The van der Waals surface area contributed by atoms with Crippen LogP contribution in [0.4, 0.5) is 5.69 Å². The van der Waals surface area contributed by atoms with E-state index < -0.39 is 4.92 Å². The summed E-state index contributed by atoms with van der Waals surface area (Å²) in [4.78, 5) is 10.1. The zero-order valence-electron chi connectivity index (χ0n) is 8.37. The van der Waals surface area contributed by atoms with Gasteiger partial charge < -0.3 is 5.32 Å². The number of nitrogens with zero attached hydrogens (tertiary/aromatic N) is 1. The van der Waals surface area contributed by atoms with Gasteiger partial charge in [0.15, 0.2) is 0 Å². The van der Waals surface area contributed by atoms with Crippen LogP contribution in [0.25, 0.3) is 0 Å². The van der Waals surface area contributed by atoms with E-state index in [9.17, 15) is 10.1 Å². The van der Waals surface area contributed by atoms with E-state index >= 15 is 0 Å². The Morgan fingerprint density at radius 1 is 1.56 bits per heavy atom. The fraction of sp³-hybridized carbons (Fsp3) is 0.200. The molecule has 1 N–H and O–H groups in total. The zero-order valence-corrected chi connectivity index (χ0v) is 11.5. The molecule has 0 fully saturated rings. The molecule has 0 heterocycles. The minimum atomic E-state index is -0.414. The Balaban J connectivity index is 2.68. The number of non-ortho nitro benzene ring substituents is 1. The van der Waals surface area contributed by atoms with Crippen molar-refractivity contribution in [3.8, 4) is 0 Å². The standard InChI is InChI=1S/C10H10Br2N2O2/c1-7(11)5-13-6-8-2-3-9(14(15)16)4-10(8)12/h2-4,13H,1,5-6H2. The van der Waals surface area contributed by atoms with Crippen LogP contribution in [0, 0.1) is 10.1 Å². The molecule has 0 saturated carbocycles. The van der Waals surface area contributed by atoms with Gasteiger partial charge in [-0.3, -0.25) is 10.1 Å². The number of hydrogen-bond acceptors (Lipinski definition) is 3. The summed E-state index contributed by atoms with van der Waals surface area (Å²) in [6, 6.07) is 4.72. The summed E-state index contributed by atoms with van der Waals surface area (Å²) in [5.74, 6) is 0. The van der Waals surface area contributed by atoms with Gasteiger partial charge >= 0.3 is 0 Å². The molecule has 4 nitrogen and oxygen atoms in total. The van der Waals surface area contributed by atoms with Crippen molar-refractivity contribution >= 4 is 37.5 Å². The van der Waals surface area contributed by atoms with Crippen LogP contribution in [-0.4, -0.2) is 11.5 Å². The third-order valence-corrected chi connectivity index (χ3v) is 2.90. The number of hydrogen-bond donors (Lipinski definition) is 1. The van der Waals surface area contributed by atoms with E-state index in [0.29, 0.717) is 13.1 Å². The van der Waals surface area contributed by atoms with Crippen LogP contribution in [0.1, 0.15) is 5.56 Å². The summed E-state index contributed by atoms with van der Waals surface area (Å²) in [5.41, 5.74) is 1.06. The van der Waals surface area contributed by atoms with Crippen LogP contribution in [0.2, 0.25) is 0 Å². The second kappa shape index (κ2) is 6.12. The fourth-order valence-electron chi connectivity index (χ4n) is 1.13. The molecular weight excluding hydrogens is 340 g/mol. The Labute approximate surface area is 110 Å². The van der Waals surface area contributed by atoms with Gasteiger partial charge in [-0.1, -0.05) is 38.4 Å². The lowest BCUT2D eigenvalue weighted by atomic mass is 10.2. The van der Waals surface area contributed by atoms with E-state index in [1.54, 1.807) is 6.07 Å². The number of halogens is 2. The highest BCUT2D eigenvalue weighted by Gasteiger charge is 2.08. The summed E-state index contributed by atoms with van der Waals surface area (Å²) in [6.45, 7) is 4.98. The molecule has 0 radical (unpaired) electrons. The second-order valence-electron chi connectivity index (χ2n) is 3.15. The van der Waals surface area contributed by atoms with Crippen LogP contribution < -0.4 is 5.32 Å². The van der Waals surface area contributed by atoms with Crippen molar-refractivity contribution < 1.29 is 4.92 Å². The Kier molecular flexibility index (Phi) is 5.11. The van der Waals surface area contributed by atoms with Crippen LogP contribution in [0.3, 0.4) is 0 Å². The lowest BCUT2D eigenvalue weighted by Crippen LogP contribution is -2.14. The molecule has 1 aromatic carbocycles. The van der Waals surface area contributed by atoms with Crippen molar-refractivity contribution in [3.63, 3.8) is 0 Å². The molecule has 16 heavy (non-hydrogen) atoms. The van der Waals surface area contributed by atoms with Crippen molar-refractivity contribution in [2.45, 2.75) is 6.54 Å². The van der Waals surface area contributed by atoms with Gasteiger partial charge in [-0.2, -0.15) is 0 Å². The quantitative estimate of drug-likeness (QED) is 0.655. The number of benzene rings is 1. The molecule has 0 aliphatic carbocycles. The van der Waals surface area contributed by atoms with Gasteiger partial charge in [-0.25, -0.2) is 0 Å². The predicted octanol–water partition coefficient (Wildman–Crippen LogP) is 3.36. The maximum absolute atomic E-state index is 10.5. The number of nitrogens with one attached hydrogen (secondary N) is 1. The van der Waals surface area contributed by atoms with Crippen molar-refractivity contribution in [2.24, 2.45) is 0 Å². The second-order valence-corrected chi connectivity index (χ2v) is 5.13. The molecule has 0 bridgehead atoms. The lowest BCUT2D eigenvalue weighted by molar-refractivity contribution is -0.384. The summed E-state index contributed by atoms with van der Waals surface area (Å²) >= 11 is 6.54. The normalized spacial score (nSPS) is 10.1. The van der Waals surface area contributed by atoms with E-state index in [2.05, 4.69) is 43.8 Å². The van der Waals surface area contributed by atoms with Gasteiger partial charge in [0.25, 0.3) is 5.69 Å². The first-order valence-corrected chi connectivity index (χ1v) is 6.06. The van der Waals surface area contributed by atoms with Crippen molar-refractivity contribution in [2.75, 3.05) is 6.54 Å². The minimum absolute atomic E-state index is 0.0838. The van der Waals surface area contributed by atoms with Gasteiger partial charge in [0.05, 0.1) is 4.92 Å². The highest BCUT2D eigenvalue weighted by atomic mass is 79.9. The molecule has 1 aromatic rings. The first kappa shape index (κ1) is 13.3. The SMILES string of the molecule is C=C(Br)CNCc1ccc([N+](=O)[O-])cc1Br. The van der Waals surface area contributed by atoms with Crippen molar-refractivity contribution in [3.05, 3.63) is 49.4 Å². The van der Waals surface area contributed by atoms with Crippen LogP contribution >= 0.6 is 31.9 Å². The fourth-order valence-corrected chi connectivity index (χ4v) is 1.83. The van der Waals surface area contributed by atoms with E-state index in [-0.39, 0.29) is 5.69 Å². The summed E-state index contributed by atoms with van der Waals surface area (Å²) in [7, 11) is 0. The maximum Gasteiger partial charge on any atom is 0.270 e. The third kappa shape index (κ3) is 4.03. The molecule has 0 aliphatic rings. The molecule has 1 rings (SSSR count). The van der Waals surface area contributed by atoms with Crippen LogP contribution in [-0.2, 0) is 6.54 Å². The topological polar surface area (TPSA) is 55.2 Å². The summed E-state index contributed by atoms with van der Waals surface area (Å²) < 4.78 is 1.60. The minimum Gasteiger partial charge on any atom is -0.308 e. The van der Waals surface area contributed by atoms with Crippen LogP contribution in [0.15, 0.2) is 33.7 Å². The Morgan fingerprint density at radius 3 is 2.75 bits per heavy atom. The smallest absolute Gasteiger partial charge is 0.270 e. The van der Waals surface area contributed by atoms with Crippen molar-refractivity contribution in [1.29, 1.82) is 0 Å². The van der Waals surface area contributed by atoms with Gasteiger partial charge in [0.1, 0.15) is 0 Å². The molecule has 0 amide bonds. The Morgan fingerprint density at radius 2 is 2.25 bits per heavy atom. The molecule has 0 spiro atoms. The van der Waals surface area contributed by atoms with E-state index in [1.165, 1.54) is 12.1 Å². The van der Waals surface area contributed by atoms with Gasteiger partial charge in [-0.05, 0) is 11.6 Å². The van der Waals surface area contributed by atoms with E-state index in [0.717, 1.165) is 14.5 Å². The molecule has 86 valence electrons. The average molecular weight is 350 g/mol. The third-order valence-electron chi connectivity index (χ3n) is 1.88. The van der Waals surface area contributed by atoms with E-state index in [4.69, 9.17) is 0 Å². The molecule has 6 heteroatoms. The number of nitro benzene ring substituents is 1. The number of nitro groups is 1. The summed E-state index contributed by atoms with van der Waals surface area (Å²) in [6.07, 6.45) is 0. The number of rotatable bonds is 5.